The third kappa shape index (κ3) is 1.38. The van der Waals surface area contributed by atoms with E-state index in [1.807, 2.05) is 24.3 Å². The number of benzene rings is 1. The number of halogens is 1. The first-order chi connectivity index (χ1) is 6.33. The van der Waals surface area contributed by atoms with Gasteiger partial charge in [-0.2, -0.15) is 5.26 Å². The maximum Gasteiger partial charge on any atom is 0.110 e. The van der Waals surface area contributed by atoms with E-state index in [1.165, 1.54) is 0 Å². The Labute approximate surface area is 89.4 Å². The average Bonchev–Trinajstić information content (AvgIpc) is 2.17. The zero-order valence-electron chi connectivity index (χ0n) is 6.66. The van der Waals surface area contributed by atoms with Gasteiger partial charge in [0.1, 0.15) is 3.70 Å². The average molecular weight is 280 g/mol. The maximum absolute atomic E-state index is 8.88. The van der Waals surface area contributed by atoms with Crippen molar-refractivity contribution < 1.29 is 0 Å². The molecule has 1 aromatic carbocycles. The van der Waals surface area contributed by atoms with Crippen molar-refractivity contribution in [3.8, 4) is 6.07 Å². The molecule has 0 N–H and O–H groups in total. The molecule has 1 heterocycles. The van der Waals surface area contributed by atoms with Crippen LogP contribution in [0, 0.1) is 15.0 Å². The molecule has 0 aliphatic rings. The first-order valence-corrected chi connectivity index (χ1v) is 4.84. The predicted octanol–water partition coefficient (Wildman–Crippen LogP) is 2.71. The molecule has 3 heteroatoms. The van der Waals surface area contributed by atoms with Crippen LogP contribution >= 0.6 is 22.6 Å². The molecule has 13 heavy (non-hydrogen) atoms. The van der Waals surface area contributed by atoms with Crippen molar-refractivity contribution in [2.45, 2.75) is 0 Å². The SMILES string of the molecule is N#Cc1cccc2ccnc(I)c12. The van der Waals surface area contributed by atoms with Crippen LogP contribution in [-0.4, -0.2) is 4.98 Å². The Morgan fingerprint density at radius 3 is 2.92 bits per heavy atom. The van der Waals surface area contributed by atoms with Crippen LogP contribution in [-0.2, 0) is 0 Å². The number of aromatic nitrogens is 1. The minimum absolute atomic E-state index is 0.690. The summed E-state index contributed by atoms with van der Waals surface area (Å²) in [5, 5.41) is 10.9. The predicted molar refractivity (Wildman–Crippen MR) is 59.2 cm³/mol. The molecule has 0 bridgehead atoms. The van der Waals surface area contributed by atoms with E-state index in [0.717, 1.165) is 14.5 Å². The summed E-state index contributed by atoms with van der Waals surface area (Å²) in [5.41, 5.74) is 0.690. The van der Waals surface area contributed by atoms with Gasteiger partial charge in [0.2, 0.25) is 0 Å². The summed E-state index contributed by atoms with van der Waals surface area (Å²) in [6.07, 6.45) is 1.76. The van der Waals surface area contributed by atoms with Gasteiger partial charge < -0.3 is 0 Å². The molecule has 0 radical (unpaired) electrons. The zero-order chi connectivity index (χ0) is 9.26. The van der Waals surface area contributed by atoms with E-state index in [4.69, 9.17) is 5.26 Å². The van der Waals surface area contributed by atoms with E-state index in [1.54, 1.807) is 6.20 Å². The summed E-state index contributed by atoms with van der Waals surface area (Å²) in [5.74, 6) is 0. The Morgan fingerprint density at radius 2 is 2.15 bits per heavy atom. The fourth-order valence-corrected chi connectivity index (χ4v) is 2.04. The lowest BCUT2D eigenvalue weighted by molar-refractivity contribution is 1.31. The third-order valence-corrected chi connectivity index (χ3v) is 2.68. The molecule has 2 aromatic rings. The molecule has 62 valence electrons. The number of fused-ring (bicyclic) bond motifs is 1. The van der Waals surface area contributed by atoms with Crippen LogP contribution < -0.4 is 0 Å². The summed E-state index contributed by atoms with van der Waals surface area (Å²) >= 11 is 2.14. The Balaban J connectivity index is 2.97. The van der Waals surface area contributed by atoms with Crippen molar-refractivity contribution in [3.05, 3.63) is 39.7 Å². The first kappa shape index (κ1) is 8.45. The maximum atomic E-state index is 8.88. The van der Waals surface area contributed by atoms with Gasteiger partial charge in [-0.1, -0.05) is 12.1 Å². The topological polar surface area (TPSA) is 36.7 Å². The van der Waals surface area contributed by atoms with E-state index < -0.39 is 0 Å². The van der Waals surface area contributed by atoms with E-state index in [-0.39, 0.29) is 0 Å². The Bertz CT molecular complexity index is 494. The molecule has 0 unspecified atom stereocenters. The van der Waals surface area contributed by atoms with E-state index in [0.29, 0.717) is 5.56 Å². The van der Waals surface area contributed by atoms with Crippen LogP contribution in [0.4, 0.5) is 0 Å². The van der Waals surface area contributed by atoms with Gasteiger partial charge >= 0.3 is 0 Å². The number of nitriles is 1. The highest BCUT2D eigenvalue weighted by molar-refractivity contribution is 14.1. The van der Waals surface area contributed by atoms with Gasteiger partial charge in [-0.3, -0.25) is 0 Å². The molecule has 1 aromatic heterocycles. The third-order valence-electron chi connectivity index (χ3n) is 1.87. The van der Waals surface area contributed by atoms with E-state index in [9.17, 15) is 0 Å². The smallest absolute Gasteiger partial charge is 0.110 e. The van der Waals surface area contributed by atoms with Crippen molar-refractivity contribution in [1.29, 1.82) is 5.26 Å². The Hall–Kier alpha value is -1.15. The highest BCUT2D eigenvalue weighted by Crippen LogP contribution is 2.21. The normalized spacial score (nSPS) is 9.85. The molecule has 0 aliphatic carbocycles. The lowest BCUT2D eigenvalue weighted by atomic mass is 10.1. The molecule has 0 amide bonds. The van der Waals surface area contributed by atoms with Crippen LogP contribution in [0.5, 0.6) is 0 Å². The van der Waals surface area contributed by atoms with Gasteiger partial charge in [0, 0.05) is 11.6 Å². The molecule has 0 saturated carbocycles. The van der Waals surface area contributed by atoms with Crippen LogP contribution in [0.15, 0.2) is 30.5 Å². The minimum atomic E-state index is 0.690. The van der Waals surface area contributed by atoms with Gasteiger partial charge in [-0.15, -0.1) is 0 Å². The van der Waals surface area contributed by atoms with Gasteiger partial charge in [-0.05, 0) is 40.1 Å². The molecule has 0 saturated heterocycles. The molecule has 0 aliphatic heterocycles. The lowest BCUT2D eigenvalue weighted by Crippen LogP contribution is -1.86. The number of rotatable bonds is 0. The van der Waals surface area contributed by atoms with Crippen molar-refractivity contribution in [3.63, 3.8) is 0 Å². The van der Waals surface area contributed by atoms with Crippen molar-refractivity contribution in [1.82, 2.24) is 4.98 Å². The fourth-order valence-electron chi connectivity index (χ4n) is 1.28. The largest absolute Gasteiger partial charge is 0.250 e. The standard InChI is InChI=1S/C10H5IN2/c11-10-9-7(4-5-13-10)2-1-3-8(9)6-12/h1-5H. The van der Waals surface area contributed by atoms with Crippen molar-refractivity contribution in [2.75, 3.05) is 0 Å². The summed E-state index contributed by atoms with van der Waals surface area (Å²) in [7, 11) is 0. The molecule has 2 nitrogen and oxygen atoms in total. The molecule has 0 fully saturated rings. The highest BCUT2D eigenvalue weighted by atomic mass is 127. The van der Waals surface area contributed by atoms with E-state index >= 15 is 0 Å². The van der Waals surface area contributed by atoms with Crippen LogP contribution in [0.2, 0.25) is 0 Å². The quantitative estimate of drug-likeness (QED) is 0.549. The van der Waals surface area contributed by atoms with Crippen LogP contribution in [0.3, 0.4) is 0 Å². The molecular weight excluding hydrogens is 275 g/mol. The second-order valence-electron chi connectivity index (χ2n) is 2.62. The molecule has 2 rings (SSSR count). The Kier molecular flexibility index (Phi) is 2.15. The number of nitrogens with zero attached hydrogens (tertiary/aromatic N) is 2. The molecular formula is C10H5IN2. The Morgan fingerprint density at radius 1 is 1.31 bits per heavy atom. The summed E-state index contributed by atoms with van der Waals surface area (Å²) in [4.78, 5) is 4.15. The van der Waals surface area contributed by atoms with Gasteiger partial charge in [0.15, 0.2) is 0 Å². The second kappa shape index (κ2) is 3.30. The number of pyridine rings is 1. The highest BCUT2D eigenvalue weighted by Gasteiger charge is 2.03. The second-order valence-corrected chi connectivity index (χ2v) is 3.64. The molecule has 0 spiro atoms. The monoisotopic (exact) mass is 280 g/mol. The lowest BCUT2D eigenvalue weighted by Gasteiger charge is -2.00. The fraction of sp³-hybridized carbons (Fsp3) is 0. The minimum Gasteiger partial charge on any atom is -0.250 e. The van der Waals surface area contributed by atoms with E-state index in [2.05, 4.69) is 33.6 Å². The van der Waals surface area contributed by atoms with Crippen LogP contribution in [0.25, 0.3) is 10.8 Å². The summed E-state index contributed by atoms with van der Waals surface area (Å²) < 4.78 is 0.882. The number of hydrogen-bond donors (Lipinski definition) is 0. The van der Waals surface area contributed by atoms with Crippen molar-refractivity contribution >= 4 is 33.4 Å². The summed E-state index contributed by atoms with van der Waals surface area (Å²) in [6.45, 7) is 0. The zero-order valence-corrected chi connectivity index (χ0v) is 8.82. The first-order valence-electron chi connectivity index (χ1n) is 3.76. The van der Waals surface area contributed by atoms with Crippen LogP contribution in [0.1, 0.15) is 5.56 Å². The van der Waals surface area contributed by atoms with Gasteiger partial charge in [0.25, 0.3) is 0 Å². The van der Waals surface area contributed by atoms with Gasteiger partial charge in [0.05, 0.1) is 11.6 Å². The number of hydrogen-bond acceptors (Lipinski definition) is 2. The van der Waals surface area contributed by atoms with Crippen molar-refractivity contribution in [2.24, 2.45) is 0 Å². The van der Waals surface area contributed by atoms with Gasteiger partial charge in [-0.25, -0.2) is 4.98 Å². The summed E-state index contributed by atoms with van der Waals surface area (Å²) in [6, 6.07) is 9.76. The molecule has 0 atom stereocenters.